The zero-order chi connectivity index (χ0) is 17.8. The minimum absolute atomic E-state index is 0.0714. The second-order valence-electron chi connectivity index (χ2n) is 6.56. The van der Waals surface area contributed by atoms with E-state index < -0.39 is 0 Å². The molecular weight excluding hydrogens is 330 g/mol. The molecule has 26 heavy (non-hydrogen) atoms. The van der Waals surface area contributed by atoms with E-state index in [-0.39, 0.29) is 5.91 Å². The van der Waals surface area contributed by atoms with Crippen LogP contribution >= 0.6 is 0 Å². The number of morpholine rings is 1. The fourth-order valence-electron chi connectivity index (χ4n) is 3.31. The number of fused-ring (bicyclic) bond motifs is 1. The normalized spacial score (nSPS) is 16.8. The number of rotatable bonds is 4. The maximum Gasteiger partial charge on any atom is 0.251 e. The van der Waals surface area contributed by atoms with E-state index in [1.807, 2.05) is 36.4 Å². The van der Waals surface area contributed by atoms with Crippen molar-refractivity contribution in [2.45, 2.75) is 19.6 Å². The van der Waals surface area contributed by atoms with Gasteiger partial charge in [-0.25, -0.2) is 4.98 Å². The van der Waals surface area contributed by atoms with Crippen molar-refractivity contribution in [3.8, 4) is 0 Å². The first-order valence-corrected chi connectivity index (χ1v) is 9.06. The highest BCUT2D eigenvalue weighted by Gasteiger charge is 2.14. The van der Waals surface area contributed by atoms with Crippen LogP contribution in [0.4, 0.5) is 5.82 Å². The summed E-state index contributed by atoms with van der Waals surface area (Å²) in [5.74, 6) is 0.867. The summed E-state index contributed by atoms with van der Waals surface area (Å²) in [6.07, 6.45) is 0.861. The summed E-state index contributed by atoms with van der Waals surface area (Å²) in [5, 5.41) is 2.98. The number of carbonyl (C=O) groups is 1. The third-order valence-corrected chi connectivity index (χ3v) is 4.80. The van der Waals surface area contributed by atoms with Crippen molar-refractivity contribution in [2.24, 2.45) is 0 Å². The molecule has 2 aliphatic rings. The number of benzene rings is 1. The van der Waals surface area contributed by atoms with E-state index in [2.05, 4.69) is 15.2 Å². The number of hydrogen-bond acceptors (Lipinski definition) is 5. The summed E-state index contributed by atoms with van der Waals surface area (Å²) in [4.78, 5) is 19.4. The minimum Gasteiger partial charge on any atom is -0.378 e. The molecule has 1 aromatic heterocycles. The summed E-state index contributed by atoms with van der Waals surface area (Å²) >= 11 is 0. The molecule has 1 saturated heterocycles. The topological polar surface area (TPSA) is 63.7 Å². The number of ether oxygens (including phenoxy) is 2. The first kappa shape index (κ1) is 17.0. The van der Waals surface area contributed by atoms with Gasteiger partial charge in [-0.1, -0.05) is 12.1 Å². The Morgan fingerprint density at radius 1 is 1.08 bits per heavy atom. The molecule has 1 amide bonds. The Labute approximate surface area is 153 Å². The molecule has 6 heteroatoms. The molecule has 0 saturated carbocycles. The smallest absolute Gasteiger partial charge is 0.251 e. The largest absolute Gasteiger partial charge is 0.378 e. The monoisotopic (exact) mass is 353 g/mol. The molecule has 0 aliphatic carbocycles. The van der Waals surface area contributed by atoms with Crippen LogP contribution < -0.4 is 10.2 Å². The van der Waals surface area contributed by atoms with Gasteiger partial charge in [0.2, 0.25) is 0 Å². The molecule has 0 atom stereocenters. The van der Waals surface area contributed by atoms with Gasteiger partial charge in [0.15, 0.2) is 0 Å². The molecule has 2 aliphatic heterocycles. The molecule has 1 N–H and O–H groups in total. The highest BCUT2D eigenvalue weighted by atomic mass is 16.5. The van der Waals surface area contributed by atoms with Crippen LogP contribution in [-0.4, -0.2) is 43.8 Å². The van der Waals surface area contributed by atoms with Crippen molar-refractivity contribution in [2.75, 3.05) is 37.8 Å². The van der Waals surface area contributed by atoms with E-state index in [0.29, 0.717) is 18.7 Å². The van der Waals surface area contributed by atoms with Crippen LogP contribution in [0.3, 0.4) is 0 Å². The number of amides is 1. The standard InChI is InChI=1S/C20H23N3O3/c24-20(16-4-5-17-14-26-9-6-15(17)12-16)21-13-18-2-1-3-19(22-18)23-7-10-25-11-8-23/h1-5,12H,6-11,13-14H2,(H,21,24). The van der Waals surface area contributed by atoms with E-state index in [4.69, 9.17) is 9.47 Å². The van der Waals surface area contributed by atoms with E-state index in [1.165, 1.54) is 11.1 Å². The Hall–Kier alpha value is -2.44. The number of aromatic nitrogens is 1. The van der Waals surface area contributed by atoms with Crippen LogP contribution in [0.2, 0.25) is 0 Å². The number of hydrogen-bond donors (Lipinski definition) is 1. The van der Waals surface area contributed by atoms with Crippen molar-refractivity contribution >= 4 is 11.7 Å². The van der Waals surface area contributed by atoms with E-state index in [0.717, 1.165) is 50.8 Å². The van der Waals surface area contributed by atoms with Gasteiger partial charge in [0, 0.05) is 18.7 Å². The Balaban J connectivity index is 1.40. The predicted molar refractivity (Wildman–Crippen MR) is 98.2 cm³/mol. The predicted octanol–water partition coefficient (Wildman–Crippen LogP) is 1.92. The first-order valence-electron chi connectivity index (χ1n) is 9.06. The van der Waals surface area contributed by atoms with E-state index >= 15 is 0 Å². The fraction of sp³-hybridized carbons (Fsp3) is 0.400. The highest BCUT2D eigenvalue weighted by Crippen LogP contribution is 2.18. The number of pyridine rings is 1. The number of anilines is 1. The number of carbonyl (C=O) groups excluding carboxylic acids is 1. The quantitative estimate of drug-likeness (QED) is 0.910. The van der Waals surface area contributed by atoms with Crippen molar-refractivity contribution in [1.82, 2.24) is 10.3 Å². The maximum atomic E-state index is 12.5. The van der Waals surface area contributed by atoms with Gasteiger partial charge < -0.3 is 19.7 Å². The zero-order valence-electron chi connectivity index (χ0n) is 14.7. The Morgan fingerprint density at radius 3 is 2.85 bits per heavy atom. The van der Waals surface area contributed by atoms with Gasteiger partial charge in [0.25, 0.3) is 5.91 Å². The lowest BCUT2D eigenvalue weighted by molar-refractivity contribution is 0.0948. The fourth-order valence-corrected chi connectivity index (χ4v) is 3.31. The van der Waals surface area contributed by atoms with Crippen LogP contribution in [0, 0.1) is 0 Å². The number of nitrogens with one attached hydrogen (secondary N) is 1. The van der Waals surface area contributed by atoms with Crippen molar-refractivity contribution in [3.05, 3.63) is 58.8 Å². The summed E-state index contributed by atoms with van der Waals surface area (Å²) in [7, 11) is 0. The SMILES string of the molecule is O=C(NCc1cccc(N2CCOCC2)n1)c1ccc2c(c1)CCOC2. The van der Waals surface area contributed by atoms with Crippen molar-refractivity contribution in [1.29, 1.82) is 0 Å². The lowest BCUT2D eigenvalue weighted by atomic mass is 10.00. The van der Waals surface area contributed by atoms with Crippen LogP contribution in [0.15, 0.2) is 36.4 Å². The molecule has 0 unspecified atom stereocenters. The van der Waals surface area contributed by atoms with Gasteiger partial charge in [-0.2, -0.15) is 0 Å². The summed E-state index contributed by atoms with van der Waals surface area (Å²) in [5.41, 5.74) is 3.92. The van der Waals surface area contributed by atoms with Gasteiger partial charge in [0.1, 0.15) is 5.82 Å². The van der Waals surface area contributed by atoms with E-state index in [1.54, 1.807) is 0 Å². The minimum atomic E-state index is -0.0714. The summed E-state index contributed by atoms with van der Waals surface area (Å²) in [6.45, 7) is 4.92. The van der Waals surface area contributed by atoms with Gasteiger partial charge in [-0.15, -0.1) is 0 Å². The number of nitrogens with zero attached hydrogens (tertiary/aromatic N) is 2. The molecule has 0 spiro atoms. The van der Waals surface area contributed by atoms with Gasteiger partial charge in [-0.05, 0) is 41.8 Å². The Bertz CT molecular complexity index is 788. The van der Waals surface area contributed by atoms with Crippen LogP contribution in [-0.2, 0) is 29.0 Å². The van der Waals surface area contributed by atoms with Crippen LogP contribution in [0.1, 0.15) is 27.2 Å². The summed E-state index contributed by atoms with van der Waals surface area (Å²) in [6, 6.07) is 11.8. The Kier molecular flexibility index (Phi) is 5.13. The molecule has 1 fully saturated rings. The third-order valence-electron chi connectivity index (χ3n) is 4.80. The van der Waals surface area contributed by atoms with Crippen LogP contribution in [0.5, 0.6) is 0 Å². The van der Waals surface area contributed by atoms with Gasteiger partial charge >= 0.3 is 0 Å². The third kappa shape index (κ3) is 3.86. The lowest BCUT2D eigenvalue weighted by Gasteiger charge is -2.28. The molecule has 4 rings (SSSR count). The second-order valence-corrected chi connectivity index (χ2v) is 6.56. The average molecular weight is 353 g/mol. The lowest BCUT2D eigenvalue weighted by Crippen LogP contribution is -2.37. The highest BCUT2D eigenvalue weighted by molar-refractivity contribution is 5.94. The second kappa shape index (κ2) is 7.85. The van der Waals surface area contributed by atoms with E-state index in [9.17, 15) is 4.79 Å². The summed E-state index contributed by atoms with van der Waals surface area (Å²) < 4.78 is 10.8. The van der Waals surface area contributed by atoms with Gasteiger partial charge in [0.05, 0.1) is 38.7 Å². The molecule has 136 valence electrons. The maximum absolute atomic E-state index is 12.5. The molecular formula is C20H23N3O3. The van der Waals surface area contributed by atoms with Crippen molar-refractivity contribution in [3.63, 3.8) is 0 Å². The molecule has 6 nitrogen and oxygen atoms in total. The van der Waals surface area contributed by atoms with Crippen LogP contribution in [0.25, 0.3) is 0 Å². The average Bonchev–Trinajstić information content (AvgIpc) is 2.72. The molecule has 0 bridgehead atoms. The molecule has 2 aromatic rings. The Morgan fingerprint density at radius 2 is 1.96 bits per heavy atom. The van der Waals surface area contributed by atoms with Gasteiger partial charge in [-0.3, -0.25) is 4.79 Å². The molecule has 1 aromatic carbocycles. The first-order chi connectivity index (χ1) is 12.8. The van der Waals surface area contributed by atoms with Crippen molar-refractivity contribution < 1.29 is 14.3 Å². The molecule has 0 radical (unpaired) electrons. The zero-order valence-corrected chi connectivity index (χ0v) is 14.7. The molecule has 3 heterocycles.